The van der Waals surface area contributed by atoms with E-state index in [1.165, 1.54) is 11.0 Å². The van der Waals surface area contributed by atoms with Gasteiger partial charge in [0.15, 0.2) is 5.82 Å². The van der Waals surface area contributed by atoms with Gasteiger partial charge >= 0.3 is 6.09 Å². The average molecular weight is 368 g/mol. The van der Waals surface area contributed by atoms with Crippen molar-refractivity contribution in [1.82, 2.24) is 15.1 Å². The van der Waals surface area contributed by atoms with Gasteiger partial charge in [-0.1, -0.05) is 18.1 Å². The Morgan fingerprint density at radius 2 is 2.15 bits per heavy atom. The Morgan fingerprint density at radius 3 is 2.74 bits per heavy atom. The molecule has 0 N–H and O–H groups in total. The van der Waals surface area contributed by atoms with E-state index < -0.39 is 11.9 Å². The maximum atomic E-state index is 14.7. The predicted octanol–water partition coefficient (Wildman–Crippen LogP) is 3.98. The van der Waals surface area contributed by atoms with Crippen molar-refractivity contribution in [2.75, 3.05) is 11.4 Å². The van der Waals surface area contributed by atoms with E-state index in [1.54, 1.807) is 37.4 Å². The van der Waals surface area contributed by atoms with Gasteiger partial charge in [0, 0.05) is 17.3 Å². The molecule has 0 aliphatic carbocycles. The molecular formula is C19H17FN4O3. The molecule has 4 rings (SSSR count). The van der Waals surface area contributed by atoms with Crippen LogP contribution in [0.4, 0.5) is 14.9 Å². The van der Waals surface area contributed by atoms with E-state index in [0.717, 1.165) is 6.42 Å². The largest absolute Gasteiger partial charge is 0.444 e. The zero-order valence-electron chi connectivity index (χ0n) is 14.8. The van der Waals surface area contributed by atoms with Crippen molar-refractivity contribution >= 4 is 11.8 Å². The fraction of sp³-hybridized carbons (Fsp3) is 0.263. The van der Waals surface area contributed by atoms with Crippen LogP contribution in [0.25, 0.3) is 22.7 Å². The first kappa shape index (κ1) is 17.1. The molecule has 1 atom stereocenters. The number of benzene rings is 1. The van der Waals surface area contributed by atoms with Gasteiger partial charge in [-0.25, -0.2) is 9.18 Å². The van der Waals surface area contributed by atoms with Crippen LogP contribution < -0.4 is 4.90 Å². The number of halogens is 1. The van der Waals surface area contributed by atoms with Crippen LogP contribution in [0.15, 0.2) is 41.1 Å². The van der Waals surface area contributed by atoms with Crippen LogP contribution in [-0.2, 0) is 4.74 Å². The Balaban J connectivity index is 1.58. The molecule has 1 amide bonds. The van der Waals surface area contributed by atoms with E-state index in [-0.39, 0.29) is 6.10 Å². The normalized spacial score (nSPS) is 16.6. The Kier molecular flexibility index (Phi) is 4.31. The van der Waals surface area contributed by atoms with Gasteiger partial charge in [0.1, 0.15) is 17.6 Å². The Hall–Kier alpha value is -3.29. The number of carbonyl (C=O) groups is 1. The summed E-state index contributed by atoms with van der Waals surface area (Å²) >= 11 is 0. The summed E-state index contributed by atoms with van der Waals surface area (Å²) in [6.07, 6.45) is 1.66. The zero-order chi connectivity index (χ0) is 19.0. The Bertz CT molecular complexity index is 987. The van der Waals surface area contributed by atoms with Gasteiger partial charge in [-0.2, -0.15) is 4.98 Å². The van der Waals surface area contributed by atoms with Crippen molar-refractivity contribution in [2.24, 2.45) is 0 Å². The number of hydrogen-bond acceptors (Lipinski definition) is 6. The van der Waals surface area contributed by atoms with E-state index >= 15 is 0 Å². The molecule has 0 spiro atoms. The zero-order valence-corrected chi connectivity index (χ0v) is 14.8. The maximum absolute atomic E-state index is 14.7. The number of cyclic esters (lactones) is 1. The lowest BCUT2D eigenvalue weighted by molar-refractivity contribution is 0.139. The average Bonchev–Trinajstić information content (AvgIpc) is 3.27. The molecule has 7 nitrogen and oxygen atoms in total. The summed E-state index contributed by atoms with van der Waals surface area (Å²) in [6, 6.07) is 8.10. The number of amides is 1. The van der Waals surface area contributed by atoms with Gasteiger partial charge in [-0.3, -0.25) is 9.88 Å². The number of rotatable bonds is 4. The fourth-order valence-corrected chi connectivity index (χ4v) is 2.93. The van der Waals surface area contributed by atoms with Gasteiger partial charge in [-0.05, 0) is 37.6 Å². The number of aryl methyl sites for hydroxylation is 1. The fourth-order valence-electron chi connectivity index (χ4n) is 2.93. The Labute approximate surface area is 154 Å². The second-order valence-electron chi connectivity index (χ2n) is 6.27. The lowest BCUT2D eigenvalue weighted by Crippen LogP contribution is -2.24. The molecule has 27 heavy (non-hydrogen) atoms. The van der Waals surface area contributed by atoms with Crippen molar-refractivity contribution in [1.29, 1.82) is 0 Å². The van der Waals surface area contributed by atoms with Gasteiger partial charge < -0.3 is 9.26 Å². The van der Waals surface area contributed by atoms with Crippen LogP contribution in [0, 0.1) is 12.7 Å². The molecule has 3 aromatic rings. The molecular weight excluding hydrogens is 351 g/mol. The summed E-state index contributed by atoms with van der Waals surface area (Å²) in [7, 11) is 0. The van der Waals surface area contributed by atoms with Crippen LogP contribution in [0.3, 0.4) is 0 Å². The quantitative estimate of drug-likeness (QED) is 0.693. The monoisotopic (exact) mass is 368 g/mol. The molecule has 1 aromatic carbocycles. The van der Waals surface area contributed by atoms with E-state index in [0.29, 0.717) is 40.8 Å². The molecule has 0 saturated carbocycles. The third-order valence-corrected chi connectivity index (χ3v) is 4.41. The van der Waals surface area contributed by atoms with Crippen LogP contribution >= 0.6 is 0 Å². The molecule has 1 aliphatic rings. The van der Waals surface area contributed by atoms with E-state index in [4.69, 9.17) is 9.26 Å². The van der Waals surface area contributed by atoms with Crippen LogP contribution in [0.2, 0.25) is 0 Å². The van der Waals surface area contributed by atoms with Crippen molar-refractivity contribution in [2.45, 2.75) is 26.4 Å². The molecule has 1 saturated heterocycles. The van der Waals surface area contributed by atoms with Crippen LogP contribution in [0.1, 0.15) is 19.2 Å². The van der Waals surface area contributed by atoms with Gasteiger partial charge in [0.05, 0.1) is 12.2 Å². The summed E-state index contributed by atoms with van der Waals surface area (Å²) in [6.45, 7) is 4.09. The van der Waals surface area contributed by atoms with Crippen LogP contribution in [-0.4, -0.2) is 33.9 Å². The third-order valence-electron chi connectivity index (χ3n) is 4.41. The lowest BCUT2D eigenvalue weighted by atomic mass is 10.1. The number of carbonyl (C=O) groups excluding carboxylic acids is 1. The van der Waals surface area contributed by atoms with Gasteiger partial charge in [0.25, 0.3) is 5.89 Å². The molecule has 0 bridgehead atoms. The summed E-state index contributed by atoms with van der Waals surface area (Å²) < 4.78 is 25.0. The lowest BCUT2D eigenvalue weighted by Gasteiger charge is -2.14. The minimum atomic E-state index is -0.449. The van der Waals surface area contributed by atoms with Crippen molar-refractivity contribution in [3.8, 4) is 22.7 Å². The first-order valence-electron chi connectivity index (χ1n) is 8.60. The highest BCUT2D eigenvalue weighted by molar-refractivity contribution is 5.90. The summed E-state index contributed by atoms with van der Waals surface area (Å²) in [5.41, 5.74) is 1.98. The number of pyridine rings is 1. The van der Waals surface area contributed by atoms with Crippen molar-refractivity contribution in [3.05, 3.63) is 48.2 Å². The molecule has 0 unspecified atom stereocenters. The highest BCUT2D eigenvalue weighted by Crippen LogP contribution is 2.30. The number of ether oxygens (including phenoxy) is 1. The van der Waals surface area contributed by atoms with E-state index in [2.05, 4.69) is 15.1 Å². The van der Waals surface area contributed by atoms with E-state index in [1.807, 2.05) is 6.92 Å². The summed E-state index contributed by atoms with van der Waals surface area (Å²) in [5.74, 6) is 0.389. The molecule has 3 heterocycles. The highest BCUT2D eigenvalue weighted by Gasteiger charge is 2.31. The topological polar surface area (TPSA) is 81.4 Å². The number of anilines is 1. The number of hydrogen-bond donors (Lipinski definition) is 0. The third kappa shape index (κ3) is 3.25. The van der Waals surface area contributed by atoms with Gasteiger partial charge in [-0.15, -0.1) is 0 Å². The van der Waals surface area contributed by atoms with Crippen molar-refractivity contribution in [3.63, 3.8) is 0 Å². The molecule has 2 aromatic heterocycles. The standard InChI is InChI=1S/C19H17FN4O3/c1-3-14-10-24(19(25)26-14)13-5-6-15(16(20)8-13)12-4-7-17(21-9-12)18-22-11(2)23-27-18/h4-9,14H,3,10H2,1-2H3/t14-/m0/s1. The summed E-state index contributed by atoms with van der Waals surface area (Å²) in [4.78, 5) is 21.8. The second-order valence-corrected chi connectivity index (χ2v) is 6.27. The van der Waals surface area contributed by atoms with Crippen molar-refractivity contribution < 1.29 is 18.4 Å². The number of nitrogens with zero attached hydrogens (tertiary/aromatic N) is 4. The number of aromatic nitrogens is 3. The van der Waals surface area contributed by atoms with Crippen LogP contribution in [0.5, 0.6) is 0 Å². The SMILES string of the molecule is CC[C@H]1CN(c2ccc(-c3ccc(-c4nc(C)no4)nc3)c(F)c2)C(=O)O1. The molecule has 1 aliphatic heterocycles. The molecule has 0 radical (unpaired) electrons. The minimum absolute atomic E-state index is 0.162. The predicted molar refractivity (Wildman–Crippen MR) is 95.6 cm³/mol. The minimum Gasteiger partial charge on any atom is -0.444 e. The maximum Gasteiger partial charge on any atom is 0.414 e. The van der Waals surface area contributed by atoms with Gasteiger partial charge in [0.2, 0.25) is 0 Å². The first-order valence-corrected chi connectivity index (χ1v) is 8.60. The first-order chi connectivity index (χ1) is 13.0. The Morgan fingerprint density at radius 1 is 1.30 bits per heavy atom. The molecule has 8 heteroatoms. The highest BCUT2D eigenvalue weighted by atomic mass is 19.1. The second kappa shape index (κ2) is 6.79. The molecule has 1 fully saturated rings. The molecule has 138 valence electrons. The smallest absolute Gasteiger partial charge is 0.414 e. The summed E-state index contributed by atoms with van der Waals surface area (Å²) in [5, 5.41) is 3.72. The van der Waals surface area contributed by atoms with E-state index in [9.17, 15) is 9.18 Å².